The van der Waals surface area contributed by atoms with E-state index in [1.165, 1.54) is 10.4 Å². The molecule has 4 N–H and O–H groups in total. The number of carbonyl (C=O) groups is 2. The third-order valence-corrected chi connectivity index (χ3v) is 8.74. The number of ether oxygens (including phenoxy) is 2. The summed E-state index contributed by atoms with van der Waals surface area (Å²) < 4.78 is 37.9. The number of nitrogens with two attached hydrogens (primary N) is 1. The van der Waals surface area contributed by atoms with Crippen LogP contribution in [0.25, 0.3) is 0 Å². The molecular weight excluding hydrogens is 643 g/mol. The largest absolute Gasteiger partial charge is 0.489 e. The molecule has 1 aromatic carbocycles. The Morgan fingerprint density at radius 1 is 1.24 bits per heavy atom. The zero-order chi connectivity index (χ0) is 31.1. The molecule has 2 aliphatic heterocycles. The Bertz CT molecular complexity index is 1500. The van der Waals surface area contributed by atoms with E-state index in [0.717, 1.165) is 63.0 Å². The van der Waals surface area contributed by atoms with E-state index in [1.807, 2.05) is 6.08 Å². The number of piperidine rings is 1. The van der Waals surface area contributed by atoms with Crippen LogP contribution in [0.5, 0.6) is 5.75 Å². The standard InChI is InChI=1S/C30H40N6O6S.2ClH/c1-4-41-30(38)34-28-20(2)21(9-11-25(28)31)7-6-16-36(43(3,39)40)22-10-12-26(24(19-22)29(32)37)42-23-13-17-35(18-14-23)27-8-5-15-33-27;;/h6-7,9-10,12,19,23,31H,4-5,8,11,13-18H2,1-3H3,(H2,32,37)(H,34,38);2*1H/b7-6+,31-25?;;. The molecule has 12 nitrogen and oxygen atoms in total. The van der Waals surface area contributed by atoms with Crippen molar-refractivity contribution in [3.8, 4) is 5.75 Å². The smallest absolute Gasteiger partial charge is 0.411 e. The Morgan fingerprint density at radius 3 is 2.56 bits per heavy atom. The molecule has 248 valence electrons. The summed E-state index contributed by atoms with van der Waals surface area (Å²) >= 11 is 0. The van der Waals surface area contributed by atoms with Gasteiger partial charge in [0.25, 0.3) is 5.91 Å². The number of nitrogens with zero attached hydrogens (tertiary/aromatic N) is 3. The zero-order valence-corrected chi connectivity index (χ0v) is 28.2. The number of benzene rings is 1. The van der Waals surface area contributed by atoms with Gasteiger partial charge in [-0.2, -0.15) is 0 Å². The number of amides is 2. The second kappa shape index (κ2) is 16.7. The average molecular weight is 686 g/mol. The Hall–Kier alpha value is -3.55. The van der Waals surface area contributed by atoms with E-state index < -0.39 is 22.0 Å². The summed E-state index contributed by atoms with van der Waals surface area (Å²) in [6.45, 7) is 6.18. The lowest BCUT2D eigenvalue weighted by atomic mass is 9.94. The number of nitrogens with one attached hydrogen (secondary N) is 2. The van der Waals surface area contributed by atoms with Crippen molar-refractivity contribution < 1.29 is 27.5 Å². The minimum absolute atomic E-state index is 0. The Labute approximate surface area is 277 Å². The van der Waals surface area contributed by atoms with Gasteiger partial charge in [0.2, 0.25) is 10.0 Å². The summed E-state index contributed by atoms with van der Waals surface area (Å²) in [6.07, 6.45) is 9.55. The molecule has 0 radical (unpaired) electrons. The van der Waals surface area contributed by atoms with Crippen molar-refractivity contribution >= 4 is 64.1 Å². The molecule has 0 bridgehead atoms. The molecule has 1 saturated heterocycles. The molecule has 1 fully saturated rings. The van der Waals surface area contributed by atoms with E-state index in [4.69, 9.17) is 20.6 Å². The third kappa shape index (κ3) is 9.72. The van der Waals surface area contributed by atoms with Crippen LogP contribution in [0, 0.1) is 5.41 Å². The van der Waals surface area contributed by atoms with Gasteiger partial charge >= 0.3 is 6.09 Å². The molecular formula is C30H42Cl2N6O6S. The highest BCUT2D eigenvalue weighted by Crippen LogP contribution is 2.30. The molecule has 4 rings (SSSR count). The normalized spacial score (nSPS) is 17.2. The van der Waals surface area contributed by atoms with Gasteiger partial charge in [0.1, 0.15) is 11.9 Å². The summed E-state index contributed by atoms with van der Waals surface area (Å²) in [7, 11) is -3.74. The lowest BCUT2D eigenvalue weighted by Crippen LogP contribution is -2.41. The Balaban J connectivity index is 0.00000353. The van der Waals surface area contributed by atoms with Gasteiger partial charge in [-0.15, -0.1) is 24.8 Å². The maximum absolute atomic E-state index is 12.8. The number of likely N-dealkylation sites (tertiary alicyclic amines) is 1. The van der Waals surface area contributed by atoms with Crippen molar-refractivity contribution in [3.05, 3.63) is 58.8 Å². The molecule has 2 heterocycles. The summed E-state index contributed by atoms with van der Waals surface area (Å²) in [5, 5.41) is 10.8. The molecule has 0 saturated carbocycles. The first-order valence-corrected chi connectivity index (χ1v) is 16.3. The predicted octanol–water partition coefficient (Wildman–Crippen LogP) is 4.36. The minimum atomic E-state index is -3.74. The zero-order valence-electron chi connectivity index (χ0n) is 25.7. The van der Waals surface area contributed by atoms with Crippen molar-refractivity contribution in [2.45, 2.75) is 52.1 Å². The maximum Gasteiger partial charge on any atom is 0.411 e. The highest BCUT2D eigenvalue weighted by Gasteiger charge is 2.26. The number of aliphatic imine (C=N–C) groups is 1. The number of allylic oxidation sites excluding steroid dienone is 5. The second-order valence-electron chi connectivity index (χ2n) is 10.6. The van der Waals surface area contributed by atoms with Crippen molar-refractivity contribution in [1.29, 1.82) is 5.41 Å². The summed E-state index contributed by atoms with van der Waals surface area (Å²) in [5.74, 6) is 0.777. The Morgan fingerprint density at radius 2 is 1.96 bits per heavy atom. The van der Waals surface area contributed by atoms with Crippen molar-refractivity contribution in [2.24, 2.45) is 10.7 Å². The maximum atomic E-state index is 12.8. The fraction of sp³-hybridized carbons (Fsp3) is 0.467. The van der Waals surface area contributed by atoms with E-state index in [2.05, 4.69) is 15.2 Å². The number of carbonyl (C=O) groups excluding carboxylic acids is 2. The number of sulfonamides is 1. The van der Waals surface area contributed by atoms with E-state index in [0.29, 0.717) is 23.4 Å². The average Bonchev–Trinajstić information content (AvgIpc) is 3.50. The topological polar surface area (TPSA) is 167 Å². The highest BCUT2D eigenvalue weighted by molar-refractivity contribution is 7.92. The van der Waals surface area contributed by atoms with Gasteiger partial charge in [-0.1, -0.05) is 18.2 Å². The SMILES string of the molecule is CCOC(=O)NC1=C(C)C(/C=C/CN(c2ccc(OC3CCN(C4=NCCC4)CC3)c(C(N)=O)c2)S(C)(=O)=O)=CCC1=N.Cl.Cl. The number of amidine groups is 1. The van der Waals surface area contributed by atoms with Gasteiger partial charge in [-0.3, -0.25) is 19.4 Å². The number of hydrogen-bond donors (Lipinski definition) is 3. The van der Waals surface area contributed by atoms with Crippen LogP contribution in [-0.4, -0.2) is 82.0 Å². The minimum Gasteiger partial charge on any atom is -0.489 e. The molecule has 0 aromatic heterocycles. The van der Waals surface area contributed by atoms with Crippen LogP contribution in [0.4, 0.5) is 10.5 Å². The monoisotopic (exact) mass is 684 g/mol. The second-order valence-corrected chi connectivity index (χ2v) is 12.5. The molecule has 15 heteroatoms. The van der Waals surface area contributed by atoms with Gasteiger partial charge in [-0.05, 0) is 49.6 Å². The van der Waals surface area contributed by atoms with Crippen LogP contribution in [0.3, 0.4) is 0 Å². The number of halogens is 2. The summed E-state index contributed by atoms with van der Waals surface area (Å²) in [5.41, 5.74) is 8.09. The first kappa shape index (κ1) is 37.6. The van der Waals surface area contributed by atoms with Crippen LogP contribution in [0.2, 0.25) is 0 Å². The van der Waals surface area contributed by atoms with Crippen LogP contribution < -0.4 is 20.1 Å². The van der Waals surface area contributed by atoms with E-state index in [-0.39, 0.29) is 61.0 Å². The molecule has 0 spiro atoms. The lowest BCUT2D eigenvalue weighted by Gasteiger charge is -2.34. The van der Waals surface area contributed by atoms with Crippen LogP contribution in [-0.2, 0) is 14.8 Å². The summed E-state index contributed by atoms with van der Waals surface area (Å²) in [4.78, 5) is 31.2. The van der Waals surface area contributed by atoms with E-state index in [9.17, 15) is 18.0 Å². The third-order valence-electron chi connectivity index (χ3n) is 7.58. The number of rotatable bonds is 10. The van der Waals surface area contributed by atoms with Gasteiger partial charge in [0.15, 0.2) is 0 Å². The van der Waals surface area contributed by atoms with Crippen LogP contribution in [0.15, 0.2) is 58.3 Å². The molecule has 45 heavy (non-hydrogen) atoms. The molecule has 0 unspecified atom stereocenters. The number of primary amides is 1. The number of alkyl carbamates (subject to hydrolysis) is 1. The number of anilines is 1. The Kier molecular flexibility index (Phi) is 13.9. The molecule has 3 aliphatic rings. The lowest BCUT2D eigenvalue weighted by molar-refractivity contribution is 0.0982. The van der Waals surface area contributed by atoms with Crippen molar-refractivity contribution in [1.82, 2.24) is 10.2 Å². The fourth-order valence-corrected chi connectivity index (χ4v) is 6.19. The van der Waals surface area contributed by atoms with Crippen LogP contribution >= 0.6 is 24.8 Å². The van der Waals surface area contributed by atoms with E-state index in [1.54, 1.807) is 38.1 Å². The fourth-order valence-electron chi connectivity index (χ4n) is 5.34. The molecule has 2 amide bonds. The van der Waals surface area contributed by atoms with E-state index >= 15 is 0 Å². The van der Waals surface area contributed by atoms with Gasteiger partial charge in [0.05, 0.1) is 47.9 Å². The molecule has 1 aromatic rings. The summed E-state index contributed by atoms with van der Waals surface area (Å²) in [6, 6.07) is 4.65. The van der Waals surface area contributed by atoms with Gasteiger partial charge in [0, 0.05) is 45.3 Å². The van der Waals surface area contributed by atoms with Crippen molar-refractivity contribution in [2.75, 3.05) is 43.3 Å². The van der Waals surface area contributed by atoms with Crippen LogP contribution in [0.1, 0.15) is 56.3 Å². The highest BCUT2D eigenvalue weighted by atomic mass is 35.5. The van der Waals surface area contributed by atoms with Gasteiger partial charge < -0.3 is 25.5 Å². The first-order valence-electron chi connectivity index (χ1n) is 14.4. The van der Waals surface area contributed by atoms with Gasteiger partial charge in [-0.25, -0.2) is 13.2 Å². The molecule has 0 atom stereocenters. The molecule has 1 aliphatic carbocycles. The quantitative estimate of drug-likeness (QED) is 0.329. The number of hydrogen-bond acceptors (Lipinski definition) is 9. The first-order chi connectivity index (χ1) is 20.5. The predicted molar refractivity (Wildman–Crippen MR) is 181 cm³/mol. The van der Waals surface area contributed by atoms with Crippen molar-refractivity contribution in [3.63, 3.8) is 0 Å².